The summed E-state index contributed by atoms with van der Waals surface area (Å²) >= 11 is 1.29. The lowest BCUT2D eigenvalue weighted by atomic mass is 9.63. The molecule has 0 saturated carbocycles. The molecule has 0 bridgehead atoms. The number of anilines is 1. The van der Waals surface area contributed by atoms with Gasteiger partial charge in [-0.1, -0.05) is 48.5 Å². The Labute approximate surface area is 232 Å². The highest BCUT2D eigenvalue weighted by molar-refractivity contribution is 7.12. The molecule has 1 fully saturated rings. The van der Waals surface area contributed by atoms with Gasteiger partial charge >= 0.3 is 0 Å². The van der Waals surface area contributed by atoms with E-state index in [1.165, 1.54) is 35.6 Å². The second-order valence-electron chi connectivity index (χ2n) is 10.1. The zero-order valence-corrected chi connectivity index (χ0v) is 21.7. The van der Waals surface area contributed by atoms with Crippen molar-refractivity contribution in [2.45, 2.75) is 17.5 Å². The molecule has 4 aromatic rings. The van der Waals surface area contributed by atoms with Gasteiger partial charge in [-0.25, -0.2) is 0 Å². The number of amides is 1. The predicted octanol–water partition coefficient (Wildman–Crippen LogP) is 5.64. The first-order chi connectivity index (χ1) is 19.4. The number of carbonyl (C=O) groups is 3. The smallest absolute Gasteiger partial charge is 0.269 e. The van der Waals surface area contributed by atoms with Crippen molar-refractivity contribution in [1.82, 2.24) is 4.90 Å². The number of carbonyl (C=O) groups excluding carboxylic acids is 3. The summed E-state index contributed by atoms with van der Waals surface area (Å²) in [5.41, 5.74) is 1.63. The van der Waals surface area contributed by atoms with Crippen molar-refractivity contribution in [3.63, 3.8) is 0 Å². The summed E-state index contributed by atoms with van der Waals surface area (Å²) in [4.78, 5) is 56.4. The van der Waals surface area contributed by atoms with Gasteiger partial charge in [0.1, 0.15) is 11.5 Å². The van der Waals surface area contributed by atoms with Crippen molar-refractivity contribution < 1.29 is 19.3 Å². The van der Waals surface area contributed by atoms with E-state index in [4.69, 9.17) is 0 Å². The zero-order valence-electron chi connectivity index (χ0n) is 20.9. The molecule has 4 atom stereocenters. The number of hydrogen-bond acceptors (Lipinski definition) is 7. The summed E-state index contributed by atoms with van der Waals surface area (Å²) in [5.74, 6) is -2.14. The van der Waals surface area contributed by atoms with Gasteiger partial charge in [0.05, 0.1) is 21.8 Å². The van der Waals surface area contributed by atoms with Crippen molar-refractivity contribution in [1.29, 1.82) is 0 Å². The van der Waals surface area contributed by atoms with E-state index in [9.17, 15) is 24.5 Å². The van der Waals surface area contributed by atoms with Crippen molar-refractivity contribution in [2.24, 2.45) is 5.92 Å². The van der Waals surface area contributed by atoms with E-state index >= 15 is 0 Å². The predicted molar refractivity (Wildman–Crippen MR) is 150 cm³/mol. The van der Waals surface area contributed by atoms with Gasteiger partial charge in [0, 0.05) is 29.6 Å². The number of nitro groups is 1. The number of nitro benzene ring substituents is 1. The maximum atomic E-state index is 14.6. The number of para-hydroxylation sites is 1. The van der Waals surface area contributed by atoms with Gasteiger partial charge in [-0.05, 0) is 52.4 Å². The SMILES string of the molecule is O=C(c1cccs1)[C@@H]1[C@H](C(=O)c2ccc([N+](=O)[O-])cc2)[C@]2(C(=O)Nc3ccccc32)[C@H]2c3ccccc3C=CN12. The minimum Gasteiger partial charge on any atom is -0.358 e. The third-order valence-corrected chi connectivity index (χ3v) is 9.13. The second-order valence-corrected chi connectivity index (χ2v) is 11.0. The topological polar surface area (TPSA) is 110 Å². The molecule has 1 aromatic heterocycles. The lowest BCUT2D eigenvalue weighted by Gasteiger charge is -2.38. The Morgan fingerprint density at radius 2 is 1.68 bits per heavy atom. The zero-order chi connectivity index (χ0) is 27.6. The lowest BCUT2D eigenvalue weighted by molar-refractivity contribution is -0.384. The van der Waals surface area contributed by atoms with Crippen LogP contribution in [-0.4, -0.2) is 33.3 Å². The van der Waals surface area contributed by atoms with Crippen LogP contribution in [0.1, 0.15) is 42.8 Å². The first-order valence-electron chi connectivity index (χ1n) is 12.7. The molecule has 9 heteroatoms. The first-order valence-corrected chi connectivity index (χ1v) is 13.6. The third-order valence-electron chi connectivity index (χ3n) is 8.25. The number of benzene rings is 3. The van der Waals surface area contributed by atoms with Crippen molar-refractivity contribution in [2.75, 3.05) is 5.32 Å². The average molecular weight is 548 g/mol. The quantitative estimate of drug-likeness (QED) is 0.197. The van der Waals surface area contributed by atoms with Gasteiger partial charge in [-0.15, -0.1) is 11.3 Å². The molecule has 196 valence electrons. The van der Waals surface area contributed by atoms with Crippen molar-refractivity contribution >= 4 is 46.3 Å². The van der Waals surface area contributed by atoms with Crippen LogP contribution in [0.2, 0.25) is 0 Å². The monoisotopic (exact) mass is 547 g/mol. The Bertz CT molecular complexity index is 1750. The number of nitrogens with zero attached hydrogens (tertiary/aromatic N) is 2. The van der Waals surface area contributed by atoms with E-state index in [1.54, 1.807) is 18.2 Å². The summed E-state index contributed by atoms with van der Waals surface area (Å²) in [6.07, 6.45) is 3.73. The van der Waals surface area contributed by atoms with Crippen LogP contribution in [-0.2, 0) is 10.2 Å². The van der Waals surface area contributed by atoms with E-state index < -0.39 is 34.1 Å². The molecular formula is C31H21N3O5S. The number of hydrogen-bond donors (Lipinski definition) is 1. The number of Topliss-reactive ketones (excluding diaryl/α,β-unsaturated/α-hetero) is 2. The second kappa shape index (κ2) is 8.82. The fraction of sp³-hybridized carbons (Fsp3) is 0.129. The maximum Gasteiger partial charge on any atom is 0.269 e. The molecule has 0 aliphatic carbocycles. The highest BCUT2D eigenvalue weighted by Crippen LogP contribution is 2.62. The van der Waals surface area contributed by atoms with Crippen LogP contribution in [0.5, 0.6) is 0 Å². The summed E-state index contributed by atoms with van der Waals surface area (Å²) < 4.78 is 0. The van der Waals surface area contributed by atoms with Gasteiger partial charge in [0.15, 0.2) is 11.6 Å². The molecule has 8 nitrogen and oxygen atoms in total. The molecule has 1 N–H and O–H groups in total. The summed E-state index contributed by atoms with van der Waals surface area (Å²) in [7, 11) is 0. The summed E-state index contributed by atoms with van der Waals surface area (Å²) in [6.45, 7) is 0. The number of ketones is 2. The molecular weight excluding hydrogens is 526 g/mol. The van der Waals surface area contributed by atoms with Gasteiger partial charge in [-0.3, -0.25) is 24.5 Å². The average Bonchev–Trinajstić information content (AvgIpc) is 3.69. The number of nitrogens with one attached hydrogen (secondary N) is 1. The van der Waals surface area contributed by atoms with Gasteiger partial charge < -0.3 is 10.2 Å². The molecule has 4 heterocycles. The van der Waals surface area contributed by atoms with E-state index in [0.717, 1.165) is 11.1 Å². The standard InChI is InChI=1S/C31H21N3O5S/c35-27(19-11-13-20(14-12-19)34(38)39)25-26(28(36)24-10-5-17-40-24)33-16-15-18-6-1-2-7-21(18)29(33)31(25)22-8-3-4-9-23(22)32-30(31)37/h1-17,25-26,29H,(H,32,37)/t25-,26+,29-,31+/m1/s1. The highest BCUT2D eigenvalue weighted by Gasteiger charge is 2.70. The molecule has 3 aliphatic rings. The normalized spacial score (nSPS) is 23.9. The van der Waals surface area contributed by atoms with Gasteiger partial charge in [0.2, 0.25) is 5.91 Å². The molecule has 0 unspecified atom stereocenters. The molecule has 1 saturated heterocycles. The maximum absolute atomic E-state index is 14.6. The molecule has 40 heavy (non-hydrogen) atoms. The van der Waals surface area contributed by atoms with Crippen LogP contribution in [0.3, 0.4) is 0 Å². The van der Waals surface area contributed by atoms with E-state index in [-0.39, 0.29) is 22.9 Å². The number of non-ortho nitro benzene ring substituents is 1. The van der Waals surface area contributed by atoms with Crippen LogP contribution < -0.4 is 5.32 Å². The number of thiophene rings is 1. The molecule has 0 radical (unpaired) electrons. The largest absolute Gasteiger partial charge is 0.358 e. The fourth-order valence-corrected chi connectivity index (χ4v) is 7.36. The van der Waals surface area contributed by atoms with E-state index in [1.807, 2.05) is 65.0 Å². The lowest BCUT2D eigenvalue weighted by Crippen LogP contribution is -2.49. The highest BCUT2D eigenvalue weighted by atomic mass is 32.1. The van der Waals surface area contributed by atoms with E-state index in [2.05, 4.69) is 5.32 Å². The summed E-state index contributed by atoms with van der Waals surface area (Å²) in [6, 6.07) is 22.2. The third kappa shape index (κ3) is 3.21. The Balaban J connectivity index is 1.52. The van der Waals surface area contributed by atoms with Gasteiger partial charge in [-0.2, -0.15) is 0 Å². The fourth-order valence-electron chi connectivity index (χ4n) is 6.66. The van der Waals surface area contributed by atoms with Crippen LogP contribution >= 0.6 is 11.3 Å². The first kappa shape index (κ1) is 24.2. The summed E-state index contributed by atoms with van der Waals surface area (Å²) in [5, 5.41) is 16.1. The van der Waals surface area contributed by atoms with Crippen molar-refractivity contribution in [3.05, 3.63) is 134 Å². The number of fused-ring (bicyclic) bond motifs is 6. The molecule has 1 amide bonds. The molecule has 7 rings (SSSR count). The van der Waals surface area contributed by atoms with Crippen LogP contribution in [0.25, 0.3) is 6.08 Å². The Morgan fingerprint density at radius 1 is 0.925 bits per heavy atom. The Morgan fingerprint density at radius 3 is 2.42 bits per heavy atom. The van der Waals surface area contributed by atoms with E-state index in [0.29, 0.717) is 16.1 Å². The minimum atomic E-state index is -1.44. The number of rotatable bonds is 5. The molecule has 1 spiro atoms. The van der Waals surface area contributed by atoms with Crippen molar-refractivity contribution in [3.8, 4) is 0 Å². The Kier molecular flexibility index (Phi) is 5.33. The Hall–Kier alpha value is -4.89. The molecule has 3 aliphatic heterocycles. The van der Waals surface area contributed by atoms with Crippen LogP contribution in [0, 0.1) is 16.0 Å². The minimum absolute atomic E-state index is 0.151. The van der Waals surface area contributed by atoms with Crippen LogP contribution in [0.15, 0.2) is 96.5 Å². The van der Waals surface area contributed by atoms with Crippen LogP contribution in [0.4, 0.5) is 11.4 Å². The molecule has 3 aromatic carbocycles. The van der Waals surface area contributed by atoms with Gasteiger partial charge in [0.25, 0.3) is 5.69 Å².